The summed E-state index contributed by atoms with van der Waals surface area (Å²) in [6.45, 7) is 0.795. The molecule has 23 heavy (non-hydrogen) atoms. The first-order chi connectivity index (χ1) is 11.2. The average molecular weight is 318 g/mol. The Hall–Kier alpha value is -1.49. The third-order valence-corrected chi connectivity index (χ3v) is 5.55. The third kappa shape index (κ3) is 3.39. The smallest absolute Gasteiger partial charge is 0.317 e. The van der Waals surface area contributed by atoms with Crippen molar-refractivity contribution in [3.05, 3.63) is 24.2 Å². The Morgan fingerprint density at radius 2 is 2.04 bits per heavy atom. The number of aliphatic hydroxyl groups excluding tert-OH is 1. The van der Waals surface area contributed by atoms with Gasteiger partial charge in [-0.05, 0) is 62.5 Å². The van der Waals surface area contributed by atoms with Gasteiger partial charge < -0.3 is 19.7 Å². The Labute approximate surface area is 137 Å². The molecule has 1 aliphatic heterocycles. The zero-order valence-electron chi connectivity index (χ0n) is 13.5. The van der Waals surface area contributed by atoms with E-state index in [1.807, 2.05) is 4.90 Å². The van der Waals surface area contributed by atoms with Crippen LogP contribution in [0.1, 0.15) is 56.8 Å². The summed E-state index contributed by atoms with van der Waals surface area (Å²) in [5, 5.41) is 13.6. The van der Waals surface area contributed by atoms with Crippen LogP contribution in [0, 0.1) is 11.8 Å². The maximum absolute atomic E-state index is 12.7. The molecule has 3 aliphatic rings. The van der Waals surface area contributed by atoms with Crippen LogP contribution in [0.3, 0.4) is 0 Å². The van der Waals surface area contributed by atoms with Gasteiger partial charge in [-0.1, -0.05) is 0 Å². The average Bonchev–Trinajstić information content (AvgIpc) is 3.46. The highest BCUT2D eigenvalue weighted by Gasteiger charge is 2.43. The number of carbonyl (C=O) groups excluding carboxylic acids is 1. The van der Waals surface area contributed by atoms with Crippen molar-refractivity contribution in [2.75, 3.05) is 6.54 Å². The molecule has 1 aromatic heterocycles. The molecule has 2 saturated carbocycles. The van der Waals surface area contributed by atoms with Crippen LogP contribution in [0.25, 0.3) is 0 Å². The van der Waals surface area contributed by atoms with Gasteiger partial charge in [-0.2, -0.15) is 0 Å². The minimum absolute atomic E-state index is 0.0722. The highest BCUT2D eigenvalue weighted by molar-refractivity contribution is 5.75. The summed E-state index contributed by atoms with van der Waals surface area (Å²) in [6.07, 6.45) is 8.54. The molecule has 5 heteroatoms. The minimum atomic E-state index is -0.633. The monoisotopic (exact) mass is 318 g/mol. The van der Waals surface area contributed by atoms with E-state index in [-0.39, 0.29) is 12.1 Å². The molecule has 1 saturated heterocycles. The van der Waals surface area contributed by atoms with E-state index in [1.54, 1.807) is 18.4 Å². The Balaban J connectivity index is 1.35. The van der Waals surface area contributed by atoms with Crippen molar-refractivity contribution >= 4 is 6.03 Å². The molecule has 3 fully saturated rings. The van der Waals surface area contributed by atoms with Crippen molar-refractivity contribution in [1.82, 2.24) is 10.2 Å². The summed E-state index contributed by atoms with van der Waals surface area (Å²) in [6, 6.07) is 4.14. The Morgan fingerprint density at radius 3 is 2.65 bits per heavy atom. The Morgan fingerprint density at radius 1 is 1.30 bits per heavy atom. The number of amides is 2. The predicted molar refractivity (Wildman–Crippen MR) is 85.8 cm³/mol. The molecule has 4 rings (SSSR count). The Bertz CT molecular complexity index is 524. The fourth-order valence-corrected chi connectivity index (χ4v) is 3.96. The SMILES string of the molecule is O=C(NC(C1CC1)C1CC1)N1CCC[C@H]1C[C@H](O)c1ccco1. The van der Waals surface area contributed by atoms with Crippen molar-refractivity contribution in [1.29, 1.82) is 0 Å². The second kappa shape index (κ2) is 6.19. The summed E-state index contributed by atoms with van der Waals surface area (Å²) < 4.78 is 5.28. The van der Waals surface area contributed by atoms with Gasteiger partial charge in [0, 0.05) is 25.0 Å². The lowest BCUT2D eigenvalue weighted by molar-refractivity contribution is 0.107. The lowest BCUT2D eigenvalue weighted by Crippen LogP contribution is -2.48. The van der Waals surface area contributed by atoms with Crippen LogP contribution in [-0.2, 0) is 0 Å². The largest absolute Gasteiger partial charge is 0.467 e. The van der Waals surface area contributed by atoms with E-state index in [1.165, 1.54) is 25.7 Å². The van der Waals surface area contributed by atoms with Crippen LogP contribution in [0.5, 0.6) is 0 Å². The van der Waals surface area contributed by atoms with Gasteiger partial charge in [-0.25, -0.2) is 4.79 Å². The molecule has 2 aliphatic carbocycles. The van der Waals surface area contributed by atoms with E-state index in [0.29, 0.717) is 30.1 Å². The molecule has 0 radical (unpaired) electrons. The van der Waals surface area contributed by atoms with Gasteiger partial charge in [0.2, 0.25) is 0 Å². The third-order valence-electron chi connectivity index (χ3n) is 5.55. The molecule has 0 spiro atoms. The molecule has 2 N–H and O–H groups in total. The van der Waals surface area contributed by atoms with E-state index in [4.69, 9.17) is 4.42 Å². The fourth-order valence-electron chi connectivity index (χ4n) is 3.96. The number of carbonyl (C=O) groups is 1. The van der Waals surface area contributed by atoms with Gasteiger partial charge in [0.15, 0.2) is 0 Å². The number of likely N-dealkylation sites (tertiary alicyclic amines) is 1. The highest BCUT2D eigenvalue weighted by Crippen LogP contribution is 2.44. The van der Waals surface area contributed by atoms with Gasteiger partial charge in [-0.15, -0.1) is 0 Å². The normalized spacial score (nSPS) is 25.8. The van der Waals surface area contributed by atoms with Crippen LogP contribution in [0.2, 0.25) is 0 Å². The lowest BCUT2D eigenvalue weighted by atomic mass is 10.1. The minimum Gasteiger partial charge on any atom is -0.467 e. The summed E-state index contributed by atoms with van der Waals surface area (Å²) in [7, 11) is 0. The fraction of sp³-hybridized carbons (Fsp3) is 0.722. The standard InChI is InChI=1S/C18H26N2O3/c21-15(16-4-2-10-23-16)11-14-3-1-9-20(14)18(22)19-17(12-5-6-12)13-7-8-13/h2,4,10,12-15,17,21H,1,3,5-9,11H2,(H,19,22)/t14-,15-/m0/s1. The van der Waals surface area contributed by atoms with Crippen LogP contribution in [0.4, 0.5) is 4.79 Å². The maximum atomic E-state index is 12.7. The van der Waals surface area contributed by atoms with Crippen LogP contribution < -0.4 is 5.32 Å². The number of furan rings is 1. The molecule has 1 aromatic rings. The van der Waals surface area contributed by atoms with Gasteiger partial charge in [0.1, 0.15) is 11.9 Å². The zero-order chi connectivity index (χ0) is 15.8. The van der Waals surface area contributed by atoms with Gasteiger partial charge >= 0.3 is 6.03 Å². The summed E-state index contributed by atoms with van der Waals surface area (Å²) in [5.41, 5.74) is 0. The van der Waals surface area contributed by atoms with E-state index in [2.05, 4.69) is 5.32 Å². The first-order valence-corrected chi connectivity index (χ1v) is 9.01. The van der Waals surface area contributed by atoms with E-state index >= 15 is 0 Å². The highest BCUT2D eigenvalue weighted by atomic mass is 16.4. The van der Waals surface area contributed by atoms with Crippen molar-refractivity contribution in [3.8, 4) is 0 Å². The predicted octanol–water partition coefficient (Wildman–Crippen LogP) is 3.07. The number of nitrogens with zero attached hydrogens (tertiary/aromatic N) is 1. The molecule has 2 amide bonds. The first-order valence-electron chi connectivity index (χ1n) is 9.01. The Kier molecular flexibility index (Phi) is 4.05. The van der Waals surface area contributed by atoms with Crippen molar-refractivity contribution in [2.45, 2.75) is 63.1 Å². The van der Waals surface area contributed by atoms with E-state index in [9.17, 15) is 9.90 Å². The number of rotatable bonds is 6. The van der Waals surface area contributed by atoms with Gasteiger partial charge in [-0.3, -0.25) is 0 Å². The molecule has 2 heterocycles. The molecule has 5 nitrogen and oxygen atoms in total. The first kappa shape index (κ1) is 15.1. The number of hydrogen-bond acceptors (Lipinski definition) is 3. The van der Waals surface area contributed by atoms with E-state index in [0.717, 1.165) is 19.4 Å². The number of aliphatic hydroxyl groups is 1. The van der Waals surface area contributed by atoms with E-state index < -0.39 is 6.10 Å². The number of urea groups is 1. The van der Waals surface area contributed by atoms with Gasteiger partial charge in [0.25, 0.3) is 0 Å². The summed E-state index contributed by atoms with van der Waals surface area (Å²) >= 11 is 0. The second-order valence-corrected chi connectivity index (χ2v) is 7.41. The zero-order valence-corrected chi connectivity index (χ0v) is 13.5. The number of hydrogen-bond donors (Lipinski definition) is 2. The molecular weight excluding hydrogens is 292 g/mol. The van der Waals surface area contributed by atoms with Crippen LogP contribution in [-0.4, -0.2) is 34.7 Å². The van der Waals surface area contributed by atoms with Crippen molar-refractivity contribution in [2.24, 2.45) is 11.8 Å². The van der Waals surface area contributed by atoms with Crippen LogP contribution >= 0.6 is 0 Å². The topological polar surface area (TPSA) is 65.7 Å². The summed E-state index contributed by atoms with van der Waals surface area (Å²) in [4.78, 5) is 14.6. The molecule has 2 atom stereocenters. The molecule has 0 unspecified atom stereocenters. The van der Waals surface area contributed by atoms with Crippen molar-refractivity contribution < 1.29 is 14.3 Å². The van der Waals surface area contributed by atoms with Gasteiger partial charge in [0.05, 0.1) is 6.26 Å². The second-order valence-electron chi connectivity index (χ2n) is 7.41. The van der Waals surface area contributed by atoms with Crippen LogP contribution in [0.15, 0.2) is 22.8 Å². The lowest BCUT2D eigenvalue weighted by Gasteiger charge is -2.29. The maximum Gasteiger partial charge on any atom is 0.317 e. The molecular formula is C18H26N2O3. The summed E-state index contributed by atoms with van der Waals surface area (Å²) in [5.74, 6) is 2.01. The van der Waals surface area contributed by atoms with Crippen molar-refractivity contribution in [3.63, 3.8) is 0 Å². The molecule has 126 valence electrons. The molecule has 0 bridgehead atoms. The number of nitrogens with one attached hydrogen (secondary N) is 1. The quantitative estimate of drug-likeness (QED) is 0.847. The molecule has 0 aromatic carbocycles.